The summed E-state index contributed by atoms with van der Waals surface area (Å²) in [5.74, 6) is -1.17. The first kappa shape index (κ1) is 13.0. The molecule has 0 spiro atoms. The highest BCUT2D eigenvalue weighted by molar-refractivity contribution is 5.81. The number of benzene rings is 1. The standard InChI is InChI=1S/C15H15FN2O2/c16-12-6-10-2-1-5-17-15(10)11(7-12)8-18(9-14(19)20)13-3-4-13/h1-2,5-7,13H,3-4,8-9H2,(H,19,20). The van der Waals surface area contributed by atoms with Crippen LogP contribution in [0, 0.1) is 5.82 Å². The molecule has 1 N–H and O–H groups in total. The molecule has 0 aliphatic heterocycles. The molecule has 0 amide bonds. The number of carboxylic acids is 1. The average molecular weight is 274 g/mol. The van der Waals surface area contributed by atoms with E-state index in [1.165, 1.54) is 12.1 Å². The third-order valence-corrected chi connectivity index (χ3v) is 3.52. The third kappa shape index (κ3) is 2.77. The fourth-order valence-corrected chi connectivity index (χ4v) is 2.49. The second kappa shape index (κ2) is 5.17. The Hall–Kier alpha value is -2.01. The molecule has 20 heavy (non-hydrogen) atoms. The molecule has 1 aromatic heterocycles. The van der Waals surface area contributed by atoms with Crippen LogP contribution in [0.3, 0.4) is 0 Å². The van der Waals surface area contributed by atoms with Gasteiger partial charge >= 0.3 is 5.97 Å². The molecule has 1 aromatic carbocycles. The second-order valence-electron chi connectivity index (χ2n) is 5.17. The van der Waals surface area contributed by atoms with E-state index in [2.05, 4.69) is 4.98 Å². The molecule has 0 bridgehead atoms. The molecule has 1 aliphatic rings. The van der Waals surface area contributed by atoms with Crippen molar-refractivity contribution in [2.75, 3.05) is 6.54 Å². The van der Waals surface area contributed by atoms with E-state index in [1.54, 1.807) is 12.3 Å². The number of hydrogen-bond acceptors (Lipinski definition) is 3. The van der Waals surface area contributed by atoms with Gasteiger partial charge < -0.3 is 5.11 Å². The lowest BCUT2D eigenvalue weighted by molar-refractivity contribution is -0.138. The molecule has 1 saturated carbocycles. The number of fused-ring (bicyclic) bond motifs is 1. The summed E-state index contributed by atoms with van der Waals surface area (Å²) in [5.41, 5.74) is 1.48. The molecule has 1 heterocycles. The SMILES string of the molecule is O=C(O)CN(Cc1cc(F)cc2cccnc12)C1CC1. The number of hydrogen-bond donors (Lipinski definition) is 1. The highest BCUT2D eigenvalue weighted by Crippen LogP contribution is 2.29. The first-order valence-corrected chi connectivity index (χ1v) is 6.62. The zero-order valence-corrected chi connectivity index (χ0v) is 10.9. The fourth-order valence-electron chi connectivity index (χ4n) is 2.49. The van der Waals surface area contributed by atoms with Crippen molar-refractivity contribution in [2.24, 2.45) is 0 Å². The Bertz CT molecular complexity index is 655. The Kier molecular flexibility index (Phi) is 3.36. The average Bonchev–Trinajstić information content (AvgIpc) is 3.21. The van der Waals surface area contributed by atoms with Crippen molar-refractivity contribution in [3.8, 4) is 0 Å². The molecule has 5 heteroatoms. The first-order valence-electron chi connectivity index (χ1n) is 6.62. The van der Waals surface area contributed by atoms with Crippen molar-refractivity contribution in [3.63, 3.8) is 0 Å². The van der Waals surface area contributed by atoms with Crippen LogP contribution in [0.5, 0.6) is 0 Å². The molecule has 3 rings (SSSR count). The van der Waals surface area contributed by atoms with E-state index in [4.69, 9.17) is 5.11 Å². The Morgan fingerprint density at radius 3 is 2.95 bits per heavy atom. The quantitative estimate of drug-likeness (QED) is 0.909. The topological polar surface area (TPSA) is 53.4 Å². The van der Waals surface area contributed by atoms with Crippen LogP contribution in [-0.4, -0.2) is 33.5 Å². The van der Waals surface area contributed by atoms with E-state index in [9.17, 15) is 9.18 Å². The summed E-state index contributed by atoms with van der Waals surface area (Å²) in [5, 5.41) is 9.72. The number of carboxylic acid groups (broad SMARTS) is 1. The van der Waals surface area contributed by atoms with Crippen LogP contribution in [0.15, 0.2) is 30.5 Å². The smallest absolute Gasteiger partial charge is 0.317 e. The molecule has 4 nitrogen and oxygen atoms in total. The van der Waals surface area contributed by atoms with E-state index in [0.29, 0.717) is 12.6 Å². The fraction of sp³-hybridized carbons (Fsp3) is 0.333. The second-order valence-corrected chi connectivity index (χ2v) is 5.17. The monoisotopic (exact) mass is 274 g/mol. The number of rotatable bonds is 5. The summed E-state index contributed by atoms with van der Waals surface area (Å²) in [6, 6.07) is 6.78. The van der Waals surface area contributed by atoms with Crippen LogP contribution in [0.4, 0.5) is 4.39 Å². The van der Waals surface area contributed by atoms with Crippen LogP contribution in [0.25, 0.3) is 10.9 Å². The van der Waals surface area contributed by atoms with Gasteiger partial charge in [-0.15, -0.1) is 0 Å². The van der Waals surface area contributed by atoms with Crippen LogP contribution in [0.1, 0.15) is 18.4 Å². The molecular weight excluding hydrogens is 259 g/mol. The van der Waals surface area contributed by atoms with E-state index in [0.717, 1.165) is 29.3 Å². The summed E-state index contributed by atoms with van der Waals surface area (Å²) in [7, 11) is 0. The lowest BCUT2D eigenvalue weighted by Crippen LogP contribution is -2.31. The number of halogens is 1. The van der Waals surface area contributed by atoms with Gasteiger partial charge in [0, 0.05) is 24.2 Å². The number of aliphatic carboxylic acids is 1. The van der Waals surface area contributed by atoms with Crippen molar-refractivity contribution in [1.29, 1.82) is 0 Å². The highest BCUT2D eigenvalue weighted by Gasteiger charge is 2.30. The molecule has 104 valence electrons. The lowest BCUT2D eigenvalue weighted by atomic mass is 10.1. The number of aromatic nitrogens is 1. The van der Waals surface area contributed by atoms with E-state index in [-0.39, 0.29) is 12.4 Å². The van der Waals surface area contributed by atoms with Gasteiger partial charge in [0.1, 0.15) is 5.82 Å². The van der Waals surface area contributed by atoms with Crippen molar-refractivity contribution < 1.29 is 14.3 Å². The summed E-state index contributed by atoms with van der Waals surface area (Å²) in [6.45, 7) is 0.401. The molecule has 1 fully saturated rings. The van der Waals surface area contributed by atoms with E-state index >= 15 is 0 Å². The molecular formula is C15H15FN2O2. The van der Waals surface area contributed by atoms with Crippen molar-refractivity contribution in [2.45, 2.75) is 25.4 Å². The van der Waals surface area contributed by atoms with Gasteiger partial charge in [-0.3, -0.25) is 14.7 Å². The summed E-state index contributed by atoms with van der Waals surface area (Å²) >= 11 is 0. The Morgan fingerprint density at radius 1 is 1.45 bits per heavy atom. The van der Waals surface area contributed by atoms with Gasteiger partial charge in [0.25, 0.3) is 0 Å². The van der Waals surface area contributed by atoms with Gasteiger partial charge in [0.05, 0.1) is 12.1 Å². The molecule has 0 atom stereocenters. The molecule has 0 radical (unpaired) electrons. The number of nitrogens with zero attached hydrogens (tertiary/aromatic N) is 2. The highest BCUT2D eigenvalue weighted by atomic mass is 19.1. The van der Waals surface area contributed by atoms with Crippen LogP contribution in [-0.2, 0) is 11.3 Å². The van der Waals surface area contributed by atoms with Gasteiger partial charge in [-0.25, -0.2) is 4.39 Å². The maximum absolute atomic E-state index is 13.7. The zero-order valence-electron chi connectivity index (χ0n) is 10.9. The summed E-state index contributed by atoms with van der Waals surface area (Å²) in [6.07, 6.45) is 3.68. The van der Waals surface area contributed by atoms with Gasteiger partial charge in [-0.2, -0.15) is 0 Å². The molecule has 2 aromatic rings. The molecule has 1 aliphatic carbocycles. The molecule has 0 unspecified atom stereocenters. The van der Waals surface area contributed by atoms with Crippen LogP contribution in [0.2, 0.25) is 0 Å². The largest absolute Gasteiger partial charge is 0.480 e. The third-order valence-electron chi connectivity index (χ3n) is 3.52. The Morgan fingerprint density at radius 2 is 2.25 bits per heavy atom. The normalized spacial score (nSPS) is 14.9. The minimum atomic E-state index is -0.856. The summed E-state index contributed by atoms with van der Waals surface area (Å²) < 4.78 is 13.7. The maximum atomic E-state index is 13.7. The van der Waals surface area contributed by atoms with Crippen molar-refractivity contribution in [1.82, 2.24) is 9.88 Å². The summed E-state index contributed by atoms with van der Waals surface area (Å²) in [4.78, 5) is 17.1. The number of carbonyl (C=O) groups is 1. The van der Waals surface area contributed by atoms with Gasteiger partial charge in [0.2, 0.25) is 0 Å². The Labute approximate surface area is 115 Å². The van der Waals surface area contributed by atoms with Gasteiger partial charge in [-0.1, -0.05) is 6.07 Å². The predicted octanol–water partition coefficient (Wildman–Crippen LogP) is 2.42. The van der Waals surface area contributed by atoms with Gasteiger partial charge in [-0.05, 0) is 36.6 Å². The maximum Gasteiger partial charge on any atom is 0.317 e. The Balaban J connectivity index is 1.94. The minimum absolute atomic E-state index is 0.0183. The van der Waals surface area contributed by atoms with Crippen molar-refractivity contribution >= 4 is 16.9 Å². The zero-order chi connectivity index (χ0) is 14.1. The number of pyridine rings is 1. The van der Waals surface area contributed by atoms with Crippen molar-refractivity contribution in [3.05, 3.63) is 41.8 Å². The van der Waals surface area contributed by atoms with Crippen LogP contribution < -0.4 is 0 Å². The first-order chi connectivity index (χ1) is 9.63. The van der Waals surface area contributed by atoms with E-state index < -0.39 is 5.97 Å². The molecule has 0 saturated heterocycles. The van der Waals surface area contributed by atoms with E-state index in [1.807, 2.05) is 11.0 Å². The van der Waals surface area contributed by atoms with Crippen LogP contribution >= 0.6 is 0 Å². The predicted molar refractivity (Wildman–Crippen MR) is 72.8 cm³/mol. The lowest BCUT2D eigenvalue weighted by Gasteiger charge is -2.20. The minimum Gasteiger partial charge on any atom is -0.480 e. The van der Waals surface area contributed by atoms with Gasteiger partial charge in [0.15, 0.2) is 0 Å².